The third-order valence-electron chi connectivity index (χ3n) is 5.53. The summed E-state index contributed by atoms with van der Waals surface area (Å²) in [5.74, 6) is 1.44. The molecule has 0 aromatic heterocycles. The minimum Gasteiger partial charge on any atom is -0.493 e. The molecule has 4 aliphatic rings. The van der Waals surface area contributed by atoms with Crippen LogP contribution in [0.25, 0.3) is 0 Å². The predicted molar refractivity (Wildman–Crippen MR) is 74.4 cm³/mol. The number of rotatable bonds is 1. The first-order chi connectivity index (χ1) is 9.73. The third-order valence-corrected chi connectivity index (χ3v) is 5.53. The Hall–Kier alpha value is -1.00. The summed E-state index contributed by atoms with van der Waals surface area (Å²) in [6.45, 7) is 0.820. The molecule has 0 aromatic rings. The molecule has 0 aromatic carbocycles. The molecule has 1 spiro atoms. The van der Waals surface area contributed by atoms with Crippen molar-refractivity contribution in [3.05, 3.63) is 23.6 Å². The van der Waals surface area contributed by atoms with Gasteiger partial charge >= 0.3 is 0 Å². The lowest BCUT2D eigenvalue weighted by Gasteiger charge is -2.39. The molecule has 0 radical (unpaired) electrons. The Bertz CT molecular complexity index is 472. The van der Waals surface area contributed by atoms with Gasteiger partial charge in [0.25, 0.3) is 0 Å². The molecule has 2 aliphatic heterocycles. The molecule has 110 valence electrons. The van der Waals surface area contributed by atoms with Gasteiger partial charge in [-0.1, -0.05) is 12.5 Å². The van der Waals surface area contributed by atoms with E-state index < -0.39 is 0 Å². The van der Waals surface area contributed by atoms with Gasteiger partial charge < -0.3 is 9.84 Å². The van der Waals surface area contributed by atoms with Crippen LogP contribution < -0.4 is 0 Å². The van der Waals surface area contributed by atoms with E-state index in [-0.39, 0.29) is 17.6 Å². The average molecular weight is 277 g/mol. The first kappa shape index (κ1) is 12.7. The molecule has 0 saturated heterocycles. The molecule has 4 heteroatoms. The molecule has 1 unspecified atom stereocenters. The minimum atomic E-state index is -0.271. The summed E-state index contributed by atoms with van der Waals surface area (Å²) in [5.41, 5.74) is 1.55. The van der Waals surface area contributed by atoms with E-state index >= 15 is 0 Å². The van der Waals surface area contributed by atoms with Crippen molar-refractivity contribution in [1.29, 1.82) is 0 Å². The molecular weight excluding hydrogens is 254 g/mol. The Morgan fingerprint density at radius 3 is 3.20 bits per heavy atom. The largest absolute Gasteiger partial charge is 0.493 e. The number of hydrogen-bond donors (Lipinski definition) is 1. The lowest BCUT2D eigenvalue weighted by Crippen LogP contribution is -2.38. The van der Waals surface area contributed by atoms with Crippen LogP contribution in [0.15, 0.2) is 23.6 Å². The molecular formula is C16H23NO3. The highest BCUT2D eigenvalue weighted by atomic mass is 16.7. The van der Waals surface area contributed by atoms with E-state index in [0.29, 0.717) is 12.3 Å². The SMILES string of the molecule is CON1C=CC23CCCC[C@@H]2OC2=C3[C@H](C[C@H](O)C2)C1. The summed E-state index contributed by atoms with van der Waals surface area (Å²) in [7, 11) is 1.71. The summed E-state index contributed by atoms with van der Waals surface area (Å²) in [5, 5.41) is 12.1. The Balaban J connectivity index is 1.81. The van der Waals surface area contributed by atoms with Gasteiger partial charge in [-0.15, -0.1) is 0 Å². The second kappa shape index (κ2) is 4.50. The fourth-order valence-electron chi connectivity index (χ4n) is 4.72. The van der Waals surface area contributed by atoms with Gasteiger partial charge in [-0.2, -0.15) is 0 Å². The van der Waals surface area contributed by atoms with Crippen LogP contribution in [0.4, 0.5) is 0 Å². The highest BCUT2D eigenvalue weighted by Crippen LogP contribution is 2.58. The van der Waals surface area contributed by atoms with Gasteiger partial charge in [0.05, 0.1) is 30.9 Å². The molecule has 0 amide bonds. The van der Waals surface area contributed by atoms with Gasteiger partial charge in [0.1, 0.15) is 6.10 Å². The number of nitrogens with zero attached hydrogens (tertiary/aromatic N) is 1. The Morgan fingerprint density at radius 2 is 2.35 bits per heavy atom. The Kier molecular flexibility index (Phi) is 2.86. The first-order valence-electron chi connectivity index (χ1n) is 7.81. The maximum atomic E-state index is 10.2. The number of aliphatic hydroxyl groups is 1. The standard InChI is InChI=1S/C16H23NO3/c1-19-17-7-6-16-5-3-2-4-14(16)20-13-9-12(18)8-11(10-17)15(13)16/h6-7,11-12,14,18H,2-5,8-10H2,1H3/t11-,12+,14+,16?/m1/s1. The van der Waals surface area contributed by atoms with Crippen molar-refractivity contribution in [2.24, 2.45) is 11.3 Å². The van der Waals surface area contributed by atoms with Crippen molar-refractivity contribution < 1.29 is 14.7 Å². The van der Waals surface area contributed by atoms with E-state index in [1.54, 1.807) is 7.11 Å². The maximum absolute atomic E-state index is 10.2. The molecule has 1 fully saturated rings. The third kappa shape index (κ3) is 1.67. The molecule has 4 atom stereocenters. The second-order valence-corrected chi connectivity index (χ2v) is 6.62. The topological polar surface area (TPSA) is 41.9 Å². The molecule has 1 saturated carbocycles. The van der Waals surface area contributed by atoms with E-state index in [1.807, 2.05) is 5.06 Å². The molecule has 2 heterocycles. The molecule has 2 aliphatic carbocycles. The summed E-state index contributed by atoms with van der Waals surface area (Å²) >= 11 is 0. The van der Waals surface area contributed by atoms with Crippen molar-refractivity contribution in [3.63, 3.8) is 0 Å². The van der Waals surface area contributed by atoms with Gasteiger partial charge in [-0.3, -0.25) is 9.90 Å². The monoisotopic (exact) mass is 277 g/mol. The smallest absolute Gasteiger partial charge is 0.111 e. The molecule has 0 bridgehead atoms. The van der Waals surface area contributed by atoms with Crippen LogP contribution in [0, 0.1) is 11.3 Å². The van der Waals surface area contributed by atoms with Crippen LogP contribution >= 0.6 is 0 Å². The van der Waals surface area contributed by atoms with Crippen LogP contribution in [-0.4, -0.2) is 36.0 Å². The number of hydroxylamine groups is 2. The number of hydrogen-bond acceptors (Lipinski definition) is 4. The summed E-state index contributed by atoms with van der Waals surface area (Å²) in [4.78, 5) is 5.44. The van der Waals surface area contributed by atoms with E-state index in [0.717, 1.165) is 25.1 Å². The summed E-state index contributed by atoms with van der Waals surface area (Å²) in [6, 6.07) is 0. The lowest BCUT2D eigenvalue weighted by atomic mass is 9.63. The zero-order valence-electron chi connectivity index (χ0n) is 12.0. The van der Waals surface area contributed by atoms with E-state index in [4.69, 9.17) is 9.57 Å². The number of ether oxygens (including phenoxy) is 1. The normalized spacial score (nSPS) is 42.9. The van der Waals surface area contributed by atoms with E-state index in [9.17, 15) is 5.11 Å². The molecule has 20 heavy (non-hydrogen) atoms. The average Bonchev–Trinajstić information content (AvgIpc) is 2.68. The highest BCUT2D eigenvalue weighted by Gasteiger charge is 2.54. The van der Waals surface area contributed by atoms with E-state index in [1.165, 1.54) is 24.8 Å². The highest BCUT2D eigenvalue weighted by molar-refractivity contribution is 5.38. The molecule has 4 nitrogen and oxygen atoms in total. The van der Waals surface area contributed by atoms with Crippen LogP contribution in [0.5, 0.6) is 0 Å². The summed E-state index contributed by atoms with van der Waals surface area (Å²) in [6.07, 6.45) is 10.8. The van der Waals surface area contributed by atoms with Crippen molar-refractivity contribution in [3.8, 4) is 0 Å². The van der Waals surface area contributed by atoms with Crippen LogP contribution in [-0.2, 0) is 9.57 Å². The predicted octanol–water partition coefficient (Wildman–Crippen LogP) is 2.36. The second-order valence-electron chi connectivity index (χ2n) is 6.62. The Morgan fingerprint density at radius 1 is 1.45 bits per heavy atom. The van der Waals surface area contributed by atoms with Crippen LogP contribution in [0.2, 0.25) is 0 Å². The van der Waals surface area contributed by atoms with Gasteiger partial charge in [-0.05, 0) is 31.3 Å². The van der Waals surface area contributed by atoms with Crippen LogP contribution in [0.1, 0.15) is 38.5 Å². The van der Waals surface area contributed by atoms with Crippen LogP contribution in [0.3, 0.4) is 0 Å². The minimum absolute atomic E-state index is 0.0751. The van der Waals surface area contributed by atoms with Crippen molar-refractivity contribution in [2.75, 3.05) is 13.7 Å². The van der Waals surface area contributed by atoms with Gasteiger partial charge in [-0.25, -0.2) is 0 Å². The number of aliphatic hydroxyl groups excluding tert-OH is 1. The van der Waals surface area contributed by atoms with Crippen molar-refractivity contribution in [2.45, 2.75) is 50.7 Å². The lowest BCUT2D eigenvalue weighted by molar-refractivity contribution is -0.0967. The van der Waals surface area contributed by atoms with Gasteiger partial charge in [0.2, 0.25) is 0 Å². The van der Waals surface area contributed by atoms with Crippen molar-refractivity contribution >= 4 is 0 Å². The first-order valence-corrected chi connectivity index (χ1v) is 7.81. The fraction of sp³-hybridized carbons (Fsp3) is 0.750. The molecule has 4 rings (SSSR count). The van der Waals surface area contributed by atoms with Crippen molar-refractivity contribution in [1.82, 2.24) is 5.06 Å². The van der Waals surface area contributed by atoms with Gasteiger partial charge in [0.15, 0.2) is 0 Å². The quantitative estimate of drug-likeness (QED) is 0.799. The zero-order valence-corrected chi connectivity index (χ0v) is 12.0. The Labute approximate surface area is 120 Å². The van der Waals surface area contributed by atoms with E-state index in [2.05, 4.69) is 12.3 Å². The molecule has 1 N–H and O–H groups in total. The zero-order chi connectivity index (χ0) is 13.7. The van der Waals surface area contributed by atoms with Gasteiger partial charge in [0, 0.05) is 18.5 Å². The maximum Gasteiger partial charge on any atom is 0.111 e. The fourth-order valence-corrected chi connectivity index (χ4v) is 4.72. The summed E-state index contributed by atoms with van der Waals surface area (Å²) < 4.78 is 6.28.